The fraction of sp³-hybridized carbons (Fsp3) is 0.370. The van der Waals surface area contributed by atoms with Crippen LogP contribution < -0.4 is 10.1 Å². The third-order valence-corrected chi connectivity index (χ3v) is 6.61. The van der Waals surface area contributed by atoms with Crippen LogP contribution in [0.3, 0.4) is 0 Å². The highest BCUT2D eigenvalue weighted by molar-refractivity contribution is 6.30. The fourth-order valence-electron chi connectivity index (χ4n) is 4.41. The maximum atomic E-state index is 13.1. The molecule has 3 aromatic rings. The van der Waals surface area contributed by atoms with Crippen molar-refractivity contribution in [2.45, 2.75) is 25.1 Å². The Morgan fingerprint density at radius 2 is 1.71 bits per heavy atom. The van der Waals surface area contributed by atoms with E-state index in [1.807, 2.05) is 42.5 Å². The number of likely N-dealkylation sites (tertiary alicyclic amines) is 1. The lowest BCUT2D eigenvalue weighted by Crippen LogP contribution is -2.40. The largest absolute Gasteiger partial charge is 0.492 e. The maximum absolute atomic E-state index is 13.1. The minimum absolute atomic E-state index is 0.0198. The first-order valence-electron chi connectivity index (χ1n) is 11.8. The van der Waals surface area contributed by atoms with Gasteiger partial charge in [-0.2, -0.15) is 13.2 Å². The summed E-state index contributed by atoms with van der Waals surface area (Å²) in [5.74, 6) is 0.401. The number of alkyl halides is 3. The van der Waals surface area contributed by atoms with Gasteiger partial charge < -0.3 is 10.1 Å². The third kappa shape index (κ3) is 7.19. The molecule has 0 spiro atoms. The van der Waals surface area contributed by atoms with E-state index in [9.17, 15) is 13.2 Å². The first-order chi connectivity index (χ1) is 16.9. The van der Waals surface area contributed by atoms with Crippen molar-refractivity contribution in [3.63, 3.8) is 0 Å². The first-order valence-corrected chi connectivity index (χ1v) is 12.2. The number of para-hydroxylation sites is 1. The van der Waals surface area contributed by atoms with E-state index in [2.05, 4.69) is 15.2 Å². The second-order valence-electron chi connectivity index (χ2n) is 8.77. The van der Waals surface area contributed by atoms with Crippen LogP contribution in [0, 0.1) is 5.92 Å². The summed E-state index contributed by atoms with van der Waals surface area (Å²) in [6.45, 7) is 3.48. The Labute approximate surface area is 209 Å². The normalized spacial score (nSPS) is 16.2. The van der Waals surface area contributed by atoms with Gasteiger partial charge in [0, 0.05) is 17.8 Å². The fourth-order valence-corrected chi connectivity index (χ4v) is 4.53. The molecule has 0 unspecified atom stereocenters. The van der Waals surface area contributed by atoms with Gasteiger partial charge in [0.15, 0.2) is 0 Å². The first kappa shape index (κ1) is 25.5. The standard InChI is InChI=1S/C27H29ClF3N3O/c28-22-10-8-21(9-11-22)26(24-6-3-4-14-32-24)33-19-20-12-15-34(16-13-20)17-18-35-25-7-2-1-5-23(25)27(29,30)31/h1-11,14,20,26,33H,12-13,15-19H2/t26-/m1/s1. The van der Waals surface area contributed by atoms with Gasteiger partial charge in [-0.05, 0) is 80.4 Å². The van der Waals surface area contributed by atoms with Crippen LogP contribution in [0.1, 0.15) is 35.7 Å². The molecular formula is C27H29ClF3N3O. The van der Waals surface area contributed by atoms with Gasteiger partial charge in [-0.25, -0.2) is 0 Å². The number of hydrogen-bond acceptors (Lipinski definition) is 4. The van der Waals surface area contributed by atoms with Gasteiger partial charge in [0.2, 0.25) is 0 Å². The Bertz CT molecular complexity index is 1060. The molecule has 1 aliphatic heterocycles. The van der Waals surface area contributed by atoms with Crippen molar-refractivity contribution in [2.75, 3.05) is 32.8 Å². The number of benzene rings is 2. The summed E-state index contributed by atoms with van der Waals surface area (Å²) >= 11 is 6.07. The number of ether oxygens (including phenoxy) is 1. The van der Waals surface area contributed by atoms with Crippen molar-refractivity contribution >= 4 is 11.6 Å². The minimum Gasteiger partial charge on any atom is -0.492 e. The SMILES string of the molecule is FC(F)(F)c1ccccc1OCCN1CCC(CN[C@H](c2ccc(Cl)cc2)c2ccccn2)CC1. The van der Waals surface area contributed by atoms with Gasteiger partial charge in [-0.3, -0.25) is 9.88 Å². The highest BCUT2D eigenvalue weighted by Gasteiger charge is 2.34. The number of piperidine rings is 1. The summed E-state index contributed by atoms with van der Waals surface area (Å²) in [5.41, 5.74) is 1.35. The van der Waals surface area contributed by atoms with E-state index in [-0.39, 0.29) is 18.4 Å². The van der Waals surface area contributed by atoms with Crippen LogP contribution in [0.2, 0.25) is 5.02 Å². The van der Waals surface area contributed by atoms with E-state index in [4.69, 9.17) is 16.3 Å². The zero-order chi connectivity index (χ0) is 24.7. The van der Waals surface area contributed by atoms with Crippen molar-refractivity contribution in [3.8, 4) is 5.75 Å². The lowest BCUT2D eigenvalue weighted by atomic mass is 9.95. The lowest BCUT2D eigenvalue weighted by molar-refractivity contribution is -0.139. The molecule has 1 saturated heterocycles. The zero-order valence-corrected chi connectivity index (χ0v) is 20.1. The van der Waals surface area contributed by atoms with Crippen LogP contribution >= 0.6 is 11.6 Å². The molecule has 8 heteroatoms. The van der Waals surface area contributed by atoms with E-state index in [0.717, 1.165) is 49.8 Å². The van der Waals surface area contributed by atoms with Gasteiger partial charge in [0.05, 0.1) is 17.3 Å². The van der Waals surface area contributed by atoms with Crippen molar-refractivity contribution in [3.05, 3.63) is 94.8 Å². The molecule has 186 valence electrons. The number of pyridine rings is 1. The zero-order valence-electron chi connectivity index (χ0n) is 19.3. The van der Waals surface area contributed by atoms with Crippen LogP contribution in [0.25, 0.3) is 0 Å². The maximum Gasteiger partial charge on any atom is 0.419 e. The molecule has 4 rings (SSSR count). The Hall–Kier alpha value is -2.61. The van der Waals surface area contributed by atoms with Crippen molar-refractivity contribution in [1.82, 2.24) is 15.2 Å². The highest BCUT2D eigenvalue weighted by atomic mass is 35.5. The van der Waals surface area contributed by atoms with Crippen molar-refractivity contribution in [1.29, 1.82) is 0 Å². The molecule has 0 saturated carbocycles. The van der Waals surface area contributed by atoms with Crippen LogP contribution in [-0.2, 0) is 6.18 Å². The monoisotopic (exact) mass is 503 g/mol. The smallest absolute Gasteiger partial charge is 0.419 e. The van der Waals surface area contributed by atoms with E-state index in [1.165, 1.54) is 12.1 Å². The molecule has 0 radical (unpaired) electrons. The Morgan fingerprint density at radius 3 is 2.40 bits per heavy atom. The third-order valence-electron chi connectivity index (χ3n) is 6.36. The topological polar surface area (TPSA) is 37.4 Å². The predicted octanol–water partition coefficient (Wildman–Crippen LogP) is 6.22. The number of hydrogen-bond donors (Lipinski definition) is 1. The van der Waals surface area contributed by atoms with Crippen LogP contribution in [0.5, 0.6) is 5.75 Å². The van der Waals surface area contributed by atoms with E-state index in [0.29, 0.717) is 17.5 Å². The van der Waals surface area contributed by atoms with E-state index >= 15 is 0 Å². The summed E-state index contributed by atoms with van der Waals surface area (Å²) in [6, 6.07) is 19.1. The molecule has 2 aromatic carbocycles. The average Bonchev–Trinajstić information content (AvgIpc) is 2.86. The van der Waals surface area contributed by atoms with Crippen LogP contribution in [0.15, 0.2) is 72.9 Å². The quantitative estimate of drug-likeness (QED) is 0.376. The van der Waals surface area contributed by atoms with Crippen LogP contribution in [-0.4, -0.2) is 42.7 Å². The van der Waals surface area contributed by atoms with Gasteiger partial charge in [0.1, 0.15) is 12.4 Å². The number of aromatic nitrogens is 1. The lowest BCUT2D eigenvalue weighted by Gasteiger charge is -2.33. The molecular weight excluding hydrogens is 475 g/mol. The van der Waals surface area contributed by atoms with E-state index in [1.54, 1.807) is 12.3 Å². The number of nitrogens with zero attached hydrogens (tertiary/aromatic N) is 2. The summed E-state index contributed by atoms with van der Waals surface area (Å²) in [6.07, 6.45) is -0.585. The van der Waals surface area contributed by atoms with Crippen LogP contribution in [0.4, 0.5) is 13.2 Å². The van der Waals surface area contributed by atoms with Gasteiger partial charge in [-0.15, -0.1) is 0 Å². The minimum atomic E-state index is -4.42. The molecule has 1 N–H and O–H groups in total. The summed E-state index contributed by atoms with van der Waals surface area (Å²) in [4.78, 5) is 6.80. The number of halogens is 4. The van der Waals surface area contributed by atoms with Gasteiger partial charge in [-0.1, -0.05) is 41.9 Å². The summed E-state index contributed by atoms with van der Waals surface area (Å²) in [5, 5.41) is 4.39. The summed E-state index contributed by atoms with van der Waals surface area (Å²) in [7, 11) is 0. The molecule has 0 aliphatic carbocycles. The second-order valence-corrected chi connectivity index (χ2v) is 9.21. The molecule has 0 bridgehead atoms. The van der Waals surface area contributed by atoms with Gasteiger partial charge in [0.25, 0.3) is 0 Å². The van der Waals surface area contributed by atoms with E-state index < -0.39 is 11.7 Å². The predicted molar refractivity (Wildman–Crippen MR) is 132 cm³/mol. The Balaban J connectivity index is 1.25. The Kier molecular flexibility index (Phi) is 8.65. The second kappa shape index (κ2) is 11.9. The molecule has 0 amide bonds. The average molecular weight is 504 g/mol. The summed E-state index contributed by atoms with van der Waals surface area (Å²) < 4.78 is 44.9. The molecule has 1 fully saturated rings. The molecule has 4 nitrogen and oxygen atoms in total. The van der Waals surface area contributed by atoms with Crippen molar-refractivity contribution in [2.24, 2.45) is 5.92 Å². The number of rotatable bonds is 9. The molecule has 1 atom stereocenters. The number of nitrogens with one attached hydrogen (secondary N) is 1. The molecule has 35 heavy (non-hydrogen) atoms. The molecule has 1 aliphatic rings. The molecule has 1 aromatic heterocycles. The highest BCUT2D eigenvalue weighted by Crippen LogP contribution is 2.35. The Morgan fingerprint density at radius 1 is 1.00 bits per heavy atom. The van der Waals surface area contributed by atoms with Gasteiger partial charge >= 0.3 is 6.18 Å². The van der Waals surface area contributed by atoms with Crippen molar-refractivity contribution < 1.29 is 17.9 Å². The molecule has 2 heterocycles.